The number of aromatic nitrogens is 2. The molecule has 2 aromatic rings. The lowest BCUT2D eigenvalue weighted by atomic mass is 10.2. The molecule has 2 rings (SSSR count). The van der Waals surface area contributed by atoms with E-state index in [0.717, 1.165) is 16.9 Å². The zero-order valence-electron chi connectivity index (χ0n) is 7.59. The highest BCUT2D eigenvalue weighted by Crippen LogP contribution is 2.10. The first-order valence-electron chi connectivity index (χ1n) is 4.14. The highest BCUT2D eigenvalue weighted by atomic mass is 16.1. The molecule has 1 N–H and O–H groups in total. The van der Waals surface area contributed by atoms with Crippen LogP contribution in [0.1, 0.15) is 11.4 Å². The maximum atomic E-state index is 11.4. The predicted octanol–water partition coefficient (Wildman–Crippen LogP) is 1.54. The summed E-state index contributed by atoms with van der Waals surface area (Å²) in [6.45, 7) is 3.78. The third kappa shape index (κ3) is 1.22. The van der Waals surface area contributed by atoms with Crippen LogP contribution < -0.4 is 5.43 Å². The molecule has 0 radical (unpaired) electrons. The first-order valence-corrected chi connectivity index (χ1v) is 4.14. The third-order valence-electron chi connectivity index (χ3n) is 2.06. The van der Waals surface area contributed by atoms with Gasteiger partial charge in [-0.1, -0.05) is 0 Å². The molecule has 2 heterocycles. The number of nitrogens with zero attached hydrogens (tertiary/aromatic N) is 1. The lowest BCUT2D eigenvalue weighted by Crippen LogP contribution is -2.03. The molecule has 3 heteroatoms. The normalized spacial score (nSPS) is 10.6. The number of H-pyrrole nitrogens is 1. The van der Waals surface area contributed by atoms with E-state index in [4.69, 9.17) is 0 Å². The largest absolute Gasteiger partial charge is 0.359 e. The van der Waals surface area contributed by atoms with Crippen LogP contribution in [0.15, 0.2) is 23.1 Å². The fourth-order valence-corrected chi connectivity index (χ4v) is 1.50. The van der Waals surface area contributed by atoms with E-state index < -0.39 is 0 Å². The van der Waals surface area contributed by atoms with E-state index in [1.807, 2.05) is 13.8 Å². The van der Waals surface area contributed by atoms with Crippen LogP contribution >= 0.6 is 0 Å². The predicted molar refractivity (Wildman–Crippen MR) is 51.8 cm³/mol. The van der Waals surface area contributed by atoms with Gasteiger partial charge in [-0.15, -0.1) is 0 Å². The maximum absolute atomic E-state index is 11.4. The molecule has 0 aliphatic heterocycles. The van der Waals surface area contributed by atoms with Crippen molar-refractivity contribution >= 4 is 10.9 Å². The second-order valence-corrected chi connectivity index (χ2v) is 3.11. The van der Waals surface area contributed by atoms with Crippen LogP contribution in [0.4, 0.5) is 0 Å². The number of hydrogen-bond acceptors (Lipinski definition) is 2. The average molecular weight is 174 g/mol. The molecule has 66 valence electrons. The van der Waals surface area contributed by atoms with Gasteiger partial charge in [0.25, 0.3) is 0 Å². The van der Waals surface area contributed by atoms with Crippen LogP contribution in [0.2, 0.25) is 0 Å². The quantitative estimate of drug-likeness (QED) is 0.658. The van der Waals surface area contributed by atoms with Gasteiger partial charge in [-0.3, -0.25) is 9.78 Å². The molecule has 2 aromatic heterocycles. The minimum absolute atomic E-state index is 0.0438. The summed E-state index contributed by atoms with van der Waals surface area (Å²) in [7, 11) is 0. The number of nitrogens with one attached hydrogen (secondary N) is 1. The second-order valence-electron chi connectivity index (χ2n) is 3.11. The van der Waals surface area contributed by atoms with Gasteiger partial charge in [0.05, 0.1) is 11.2 Å². The maximum Gasteiger partial charge on any atom is 0.189 e. The molecule has 0 amide bonds. The molecule has 0 saturated heterocycles. The van der Waals surface area contributed by atoms with Crippen molar-refractivity contribution in [3.8, 4) is 0 Å². The summed E-state index contributed by atoms with van der Waals surface area (Å²) < 4.78 is 0. The van der Waals surface area contributed by atoms with Gasteiger partial charge in [0.2, 0.25) is 0 Å². The average Bonchev–Trinajstić information content (AvgIpc) is 2.07. The second kappa shape index (κ2) is 2.69. The van der Waals surface area contributed by atoms with Crippen LogP contribution in [0.5, 0.6) is 0 Å². The Kier molecular flexibility index (Phi) is 1.65. The Bertz CT molecular complexity index is 514. The molecular formula is C10H10N2O. The lowest BCUT2D eigenvalue weighted by Gasteiger charge is -2.01. The molecule has 0 aliphatic carbocycles. The highest BCUT2D eigenvalue weighted by Gasteiger charge is 2.02. The van der Waals surface area contributed by atoms with Crippen molar-refractivity contribution in [1.29, 1.82) is 0 Å². The van der Waals surface area contributed by atoms with E-state index in [1.165, 1.54) is 6.07 Å². The molecule has 0 fully saturated rings. The van der Waals surface area contributed by atoms with Crippen LogP contribution in [0, 0.1) is 13.8 Å². The Morgan fingerprint density at radius 1 is 1.38 bits per heavy atom. The zero-order valence-corrected chi connectivity index (χ0v) is 7.59. The van der Waals surface area contributed by atoms with Gasteiger partial charge in [0, 0.05) is 23.3 Å². The van der Waals surface area contributed by atoms with Crippen molar-refractivity contribution in [2.24, 2.45) is 0 Å². The van der Waals surface area contributed by atoms with Crippen LogP contribution in [0.3, 0.4) is 0 Å². The summed E-state index contributed by atoms with van der Waals surface area (Å²) in [6, 6.07) is 3.34. The molecule has 3 nitrogen and oxygen atoms in total. The Balaban J connectivity index is 3.03. The van der Waals surface area contributed by atoms with E-state index >= 15 is 0 Å². The number of hydrogen-bond donors (Lipinski definition) is 1. The van der Waals surface area contributed by atoms with Crippen molar-refractivity contribution < 1.29 is 0 Å². The fourth-order valence-electron chi connectivity index (χ4n) is 1.50. The van der Waals surface area contributed by atoms with Crippen LogP contribution in [-0.2, 0) is 0 Å². The smallest absolute Gasteiger partial charge is 0.189 e. The van der Waals surface area contributed by atoms with E-state index in [9.17, 15) is 4.79 Å². The summed E-state index contributed by atoms with van der Waals surface area (Å²) in [5.74, 6) is 0. The minimum atomic E-state index is 0.0438. The van der Waals surface area contributed by atoms with E-state index in [1.54, 1.807) is 12.3 Å². The van der Waals surface area contributed by atoms with Gasteiger partial charge in [-0.05, 0) is 19.9 Å². The van der Waals surface area contributed by atoms with Gasteiger partial charge in [-0.25, -0.2) is 0 Å². The van der Waals surface area contributed by atoms with Gasteiger partial charge in [0.1, 0.15) is 0 Å². The van der Waals surface area contributed by atoms with Gasteiger partial charge in [-0.2, -0.15) is 0 Å². The molecule has 0 saturated carbocycles. The number of fused-ring (bicyclic) bond motifs is 1. The van der Waals surface area contributed by atoms with Gasteiger partial charge >= 0.3 is 0 Å². The summed E-state index contributed by atoms with van der Waals surface area (Å²) in [4.78, 5) is 18.7. The van der Waals surface area contributed by atoms with Crippen molar-refractivity contribution in [2.45, 2.75) is 13.8 Å². The SMILES string of the molecule is Cc1cc2c(=O)cc[nH]c2c(C)n1. The van der Waals surface area contributed by atoms with Gasteiger partial charge < -0.3 is 4.98 Å². The standard InChI is InChI=1S/C10H10N2O/c1-6-5-8-9(13)3-4-11-10(8)7(2)12-6/h3-5H,1-2H3,(H,11,13). The van der Waals surface area contributed by atoms with E-state index in [-0.39, 0.29) is 5.43 Å². The number of rotatable bonds is 0. The molecule has 0 bridgehead atoms. The fraction of sp³-hybridized carbons (Fsp3) is 0.200. The number of aryl methyl sites for hydroxylation is 2. The Morgan fingerprint density at radius 2 is 2.15 bits per heavy atom. The Labute approximate surface area is 75.4 Å². The first kappa shape index (κ1) is 7.98. The topological polar surface area (TPSA) is 45.8 Å². The summed E-state index contributed by atoms with van der Waals surface area (Å²) >= 11 is 0. The van der Waals surface area contributed by atoms with Crippen molar-refractivity contribution in [1.82, 2.24) is 9.97 Å². The molecule has 0 aromatic carbocycles. The summed E-state index contributed by atoms with van der Waals surface area (Å²) in [5.41, 5.74) is 2.62. The Hall–Kier alpha value is -1.64. The molecule has 13 heavy (non-hydrogen) atoms. The first-order chi connectivity index (χ1) is 6.18. The van der Waals surface area contributed by atoms with E-state index in [2.05, 4.69) is 9.97 Å². The lowest BCUT2D eigenvalue weighted by molar-refractivity contribution is 1.13. The molecule has 0 atom stereocenters. The van der Waals surface area contributed by atoms with Crippen molar-refractivity contribution in [2.75, 3.05) is 0 Å². The monoisotopic (exact) mass is 174 g/mol. The van der Waals surface area contributed by atoms with E-state index in [0.29, 0.717) is 5.39 Å². The number of aromatic amines is 1. The molecule has 0 unspecified atom stereocenters. The molecular weight excluding hydrogens is 164 g/mol. The summed E-state index contributed by atoms with van der Waals surface area (Å²) in [5, 5.41) is 0.715. The minimum Gasteiger partial charge on any atom is -0.359 e. The van der Waals surface area contributed by atoms with Crippen molar-refractivity contribution in [3.05, 3.63) is 39.9 Å². The number of pyridine rings is 2. The van der Waals surface area contributed by atoms with Gasteiger partial charge in [0.15, 0.2) is 5.43 Å². The Morgan fingerprint density at radius 3 is 2.92 bits per heavy atom. The van der Waals surface area contributed by atoms with Crippen molar-refractivity contribution in [3.63, 3.8) is 0 Å². The zero-order chi connectivity index (χ0) is 9.42. The molecule has 0 spiro atoms. The third-order valence-corrected chi connectivity index (χ3v) is 2.06. The molecule has 0 aliphatic rings. The highest BCUT2D eigenvalue weighted by molar-refractivity contribution is 5.80. The summed E-state index contributed by atoms with van der Waals surface area (Å²) in [6.07, 6.45) is 1.65. The van der Waals surface area contributed by atoms with Crippen LogP contribution in [-0.4, -0.2) is 9.97 Å². The van der Waals surface area contributed by atoms with Crippen LogP contribution in [0.25, 0.3) is 10.9 Å².